The van der Waals surface area contributed by atoms with Gasteiger partial charge in [-0.3, -0.25) is 0 Å². The molecule has 0 unspecified atom stereocenters. The van der Waals surface area contributed by atoms with Gasteiger partial charge in [0.2, 0.25) is 11.8 Å². The molecule has 1 heterocycles. The van der Waals surface area contributed by atoms with E-state index in [9.17, 15) is 9.90 Å². The van der Waals surface area contributed by atoms with Gasteiger partial charge in [0.15, 0.2) is 0 Å². The van der Waals surface area contributed by atoms with E-state index >= 15 is 0 Å². The minimum atomic E-state index is -0.961. The van der Waals surface area contributed by atoms with Gasteiger partial charge >= 0.3 is 5.97 Å². The van der Waals surface area contributed by atoms with Crippen molar-refractivity contribution >= 4 is 11.9 Å². The summed E-state index contributed by atoms with van der Waals surface area (Å²) < 4.78 is 5.31. The van der Waals surface area contributed by atoms with Crippen molar-refractivity contribution in [2.24, 2.45) is 5.92 Å². The maximum absolute atomic E-state index is 11.6. The SMILES string of the molecule is CCOc1ccnc(NC2(C(=O)O)CCC(C)CC2)n1. The lowest BCUT2D eigenvalue weighted by atomic mass is 9.77. The lowest BCUT2D eigenvalue weighted by molar-refractivity contribution is -0.143. The Morgan fingerprint density at radius 2 is 2.25 bits per heavy atom. The number of anilines is 1. The van der Waals surface area contributed by atoms with Crippen molar-refractivity contribution in [1.29, 1.82) is 0 Å². The van der Waals surface area contributed by atoms with Crippen LogP contribution in [0.3, 0.4) is 0 Å². The Bertz CT molecular complexity index is 470. The van der Waals surface area contributed by atoms with Gasteiger partial charge in [-0.1, -0.05) is 6.92 Å². The third-order valence-corrected chi connectivity index (χ3v) is 3.81. The molecule has 0 radical (unpaired) electrons. The molecule has 2 rings (SSSR count). The van der Waals surface area contributed by atoms with Crippen LogP contribution < -0.4 is 10.1 Å². The third kappa shape index (κ3) is 3.18. The molecule has 1 aliphatic carbocycles. The van der Waals surface area contributed by atoms with Crippen LogP contribution in [0.5, 0.6) is 5.88 Å². The Balaban J connectivity index is 2.16. The van der Waals surface area contributed by atoms with Crippen LogP contribution in [-0.4, -0.2) is 33.2 Å². The fraction of sp³-hybridized carbons (Fsp3) is 0.643. The number of carboxylic acids is 1. The van der Waals surface area contributed by atoms with E-state index in [2.05, 4.69) is 22.2 Å². The van der Waals surface area contributed by atoms with E-state index in [1.165, 1.54) is 0 Å². The number of nitrogens with one attached hydrogen (secondary N) is 1. The van der Waals surface area contributed by atoms with Crippen LogP contribution in [0.15, 0.2) is 12.3 Å². The van der Waals surface area contributed by atoms with Crippen molar-refractivity contribution < 1.29 is 14.6 Å². The molecule has 110 valence electrons. The zero-order valence-electron chi connectivity index (χ0n) is 11.9. The zero-order valence-corrected chi connectivity index (χ0v) is 11.9. The van der Waals surface area contributed by atoms with Crippen molar-refractivity contribution in [3.05, 3.63) is 12.3 Å². The first-order valence-corrected chi connectivity index (χ1v) is 7.03. The number of aromatic nitrogens is 2. The van der Waals surface area contributed by atoms with Gasteiger partial charge in [0.1, 0.15) is 5.54 Å². The summed E-state index contributed by atoms with van der Waals surface area (Å²) in [5.41, 5.74) is -0.961. The molecule has 0 spiro atoms. The number of aliphatic carboxylic acids is 1. The van der Waals surface area contributed by atoms with Crippen LogP contribution in [0, 0.1) is 5.92 Å². The number of carboxylic acid groups (broad SMARTS) is 1. The molecule has 1 fully saturated rings. The fourth-order valence-electron chi connectivity index (χ4n) is 2.49. The molecule has 6 heteroatoms. The molecule has 0 aromatic carbocycles. The molecule has 6 nitrogen and oxygen atoms in total. The summed E-state index contributed by atoms with van der Waals surface area (Å²) in [4.78, 5) is 19.9. The van der Waals surface area contributed by atoms with E-state index < -0.39 is 11.5 Å². The summed E-state index contributed by atoms with van der Waals surface area (Å²) >= 11 is 0. The highest BCUT2D eigenvalue weighted by Crippen LogP contribution is 2.34. The van der Waals surface area contributed by atoms with Gasteiger partial charge in [-0.2, -0.15) is 4.98 Å². The molecular formula is C14H21N3O3. The number of hydrogen-bond donors (Lipinski definition) is 2. The summed E-state index contributed by atoms with van der Waals surface area (Å²) in [5, 5.41) is 12.6. The monoisotopic (exact) mass is 279 g/mol. The van der Waals surface area contributed by atoms with Crippen LogP contribution in [0.2, 0.25) is 0 Å². The molecular weight excluding hydrogens is 258 g/mol. The van der Waals surface area contributed by atoms with Gasteiger partial charge in [-0.05, 0) is 38.5 Å². The first kappa shape index (κ1) is 14.6. The van der Waals surface area contributed by atoms with Crippen LogP contribution in [0.1, 0.15) is 39.5 Å². The lowest BCUT2D eigenvalue weighted by Crippen LogP contribution is -2.49. The van der Waals surface area contributed by atoms with Crippen LogP contribution >= 0.6 is 0 Å². The second-order valence-electron chi connectivity index (χ2n) is 5.35. The molecule has 0 aliphatic heterocycles. The normalized spacial score (nSPS) is 26.0. The minimum Gasteiger partial charge on any atom is -0.480 e. The predicted molar refractivity (Wildman–Crippen MR) is 74.8 cm³/mol. The molecule has 2 N–H and O–H groups in total. The summed E-state index contributed by atoms with van der Waals surface area (Å²) in [7, 11) is 0. The van der Waals surface area contributed by atoms with E-state index in [4.69, 9.17) is 4.74 Å². The second kappa shape index (κ2) is 6.07. The van der Waals surface area contributed by atoms with Crippen molar-refractivity contribution in [2.75, 3.05) is 11.9 Å². The quantitative estimate of drug-likeness (QED) is 0.860. The van der Waals surface area contributed by atoms with Crippen molar-refractivity contribution in [3.63, 3.8) is 0 Å². The number of ether oxygens (including phenoxy) is 1. The third-order valence-electron chi connectivity index (χ3n) is 3.81. The van der Waals surface area contributed by atoms with Gasteiger partial charge < -0.3 is 15.2 Å². The van der Waals surface area contributed by atoms with E-state index in [1.807, 2.05) is 6.92 Å². The lowest BCUT2D eigenvalue weighted by Gasteiger charge is -2.36. The topological polar surface area (TPSA) is 84.3 Å². The predicted octanol–water partition coefficient (Wildman–Crippen LogP) is 2.32. The first-order valence-electron chi connectivity index (χ1n) is 7.03. The highest BCUT2D eigenvalue weighted by Gasteiger charge is 2.41. The number of rotatable bonds is 5. The number of carbonyl (C=O) groups is 1. The maximum Gasteiger partial charge on any atom is 0.329 e. The molecule has 1 aliphatic rings. The summed E-state index contributed by atoms with van der Waals surface area (Å²) in [6, 6.07) is 1.66. The molecule has 1 aromatic heterocycles. The highest BCUT2D eigenvalue weighted by molar-refractivity contribution is 5.82. The number of nitrogens with zero attached hydrogens (tertiary/aromatic N) is 2. The molecule has 0 saturated heterocycles. The van der Waals surface area contributed by atoms with Crippen LogP contribution in [0.25, 0.3) is 0 Å². The highest BCUT2D eigenvalue weighted by atomic mass is 16.5. The molecule has 0 amide bonds. The Hall–Kier alpha value is -1.85. The standard InChI is InChI=1S/C14H21N3O3/c1-3-20-11-6-9-15-13(16-11)17-14(12(18)19)7-4-10(2)5-8-14/h6,9-10H,3-5,7-8H2,1-2H3,(H,18,19)(H,15,16,17). The van der Waals surface area contributed by atoms with Gasteiger partial charge in [0.25, 0.3) is 0 Å². The first-order chi connectivity index (χ1) is 9.55. The smallest absolute Gasteiger partial charge is 0.329 e. The van der Waals surface area contributed by atoms with Crippen molar-refractivity contribution in [3.8, 4) is 5.88 Å². The van der Waals surface area contributed by atoms with Crippen LogP contribution in [-0.2, 0) is 4.79 Å². The maximum atomic E-state index is 11.6. The Kier molecular flexibility index (Phi) is 4.42. The van der Waals surface area contributed by atoms with Crippen molar-refractivity contribution in [1.82, 2.24) is 9.97 Å². The molecule has 0 atom stereocenters. The average molecular weight is 279 g/mol. The second-order valence-corrected chi connectivity index (χ2v) is 5.35. The van der Waals surface area contributed by atoms with E-state index in [-0.39, 0.29) is 0 Å². The fourth-order valence-corrected chi connectivity index (χ4v) is 2.49. The van der Waals surface area contributed by atoms with E-state index in [0.717, 1.165) is 12.8 Å². The summed E-state index contributed by atoms with van der Waals surface area (Å²) in [5.74, 6) is 0.498. The summed E-state index contributed by atoms with van der Waals surface area (Å²) in [6.45, 7) is 4.53. The Morgan fingerprint density at radius 1 is 1.55 bits per heavy atom. The Labute approximate surface area is 118 Å². The molecule has 1 aromatic rings. The largest absolute Gasteiger partial charge is 0.480 e. The minimum absolute atomic E-state index is 0.313. The van der Waals surface area contributed by atoms with Crippen molar-refractivity contribution in [2.45, 2.75) is 45.1 Å². The van der Waals surface area contributed by atoms with E-state index in [1.54, 1.807) is 12.3 Å². The van der Waals surface area contributed by atoms with E-state index in [0.29, 0.717) is 37.2 Å². The zero-order chi connectivity index (χ0) is 14.6. The molecule has 20 heavy (non-hydrogen) atoms. The Morgan fingerprint density at radius 3 is 2.85 bits per heavy atom. The summed E-state index contributed by atoms with van der Waals surface area (Å²) in [6.07, 6.45) is 4.54. The van der Waals surface area contributed by atoms with Gasteiger partial charge in [0, 0.05) is 12.3 Å². The van der Waals surface area contributed by atoms with Crippen LogP contribution in [0.4, 0.5) is 5.95 Å². The van der Waals surface area contributed by atoms with Gasteiger partial charge in [-0.15, -0.1) is 0 Å². The van der Waals surface area contributed by atoms with Gasteiger partial charge in [0.05, 0.1) is 6.61 Å². The average Bonchev–Trinajstić information content (AvgIpc) is 2.42. The number of hydrogen-bond acceptors (Lipinski definition) is 5. The molecule has 0 bridgehead atoms. The molecule has 1 saturated carbocycles. The van der Waals surface area contributed by atoms with Gasteiger partial charge in [-0.25, -0.2) is 9.78 Å².